The molecule has 4 fully saturated rings. The SMILES string of the molecule is CCC[C@@H](C)[C@H]1C(O)(O)C(O)(O)[C@H]2[C@@H]3CCC4CCCC[C@]4(C)[C@H]3CC[C@@]21C. The van der Waals surface area contributed by atoms with Gasteiger partial charge >= 0.3 is 0 Å². The van der Waals surface area contributed by atoms with Gasteiger partial charge in [0.15, 0.2) is 0 Å². The fraction of sp³-hybridized carbons (Fsp3) is 1.00. The Labute approximate surface area is 170 Å². The highest BCUT2D eigenvalue weighted by molar-refractivity contribution is 5.19. The van der Waals surface area contributed by atoms with E-state index in [0.29, 0.717) is 5.92 Å². The molecule has 0 aliphatic heterocycles. The Hall–Kier alpha value is -0.160. The van der Waals surface area contributed by atoms with E-state index >= 15 is 0 Å². The van der Waals surface area contributed by atoms with Crippen LogP contribution in [0.15, 0.2) is 0 Å². The summed E-state index contributed by atoms with van der Waals surface area (Å²) in [6.45, 7) is 8.73. The van der Waals surface area contributed by atoms with Gasteiger partial charge in [0.25, 0.3) is 0 Å². The molecular weight excluding hydrogens is 352 g/mol. The molecule has 0 radical (unpaired) electrons. The summed E-state index contributed by atoms with van der Waals surface area (Å²) < 4.78 is 0. The normalized spacial score (nSPS) is 50.4. The first-order valence-electron chi connectivity index (χ1n) is 11.9. The van der Waals surface area contributed by atoms with Gasteiger partial charge in [-0.2, -0.15) is 0 Å². The van der Waals surface area contributed by atoms with Crippen molar-refractivity contribution < 1.29 is 20.4 Å². The lowest BCUT2D eigenvalue weighted by Gasteiger charge is -2.61. The Morgan fingerprint density at radius 2 is 1.57 bits per heavy atom. The molecule has 4 heteroatoms. The third kappa shape index (κ3) is 2.57. The number of hydrogen-bond acceptors (Lipinski definition) is 4. The zero-order chi connectivity index (χ0) is 20.5. The van der Waals surface area contributed by atoms with Gasteiger partial charge in [-0.15, -0.1) is 0 Å². The molecule has 8 atom stereocenters. The van der Waals surface area contributed by atoms with Crippen LogP contribution in [0.5, 0.6) is 0 Å². The van der Waals surface area contributed by atoms with Crippen LogP contribution >= 0.6 is 0 Å². The Balaban J connectivity index is 1.75. The Morgan fingerprint density at radius 1 is 0.857 bits per heavy atom. The Morgan fingerprint density at radius 3 is 2.25 bits per heavy atom. The predicted octanol–water partition coefficient (Wildman–Crippen LogP) is 4.05. The quantitative estimate of drug-likeness (QED) is 0.544. The van der Waals surface area contributed by atoms with Gasteiger partial charge in [-0.25, -0.2) is 0 Å². The molecule has 4 N–H and O–H groups in total. The summed E-state index contributed by atoms with van der Waals surface area (Å²) in [7, 11) is 0. The molecule has 0 saturated heterocycles. The molecule has 0 aromatic rings. The van der Waals surface area contributed by atoms with Gasteiger partial charge in [-0.3, -0.25) is 0 Å². The van der Waals surface area contributed by atoms with Crippen LogP contribution in [-0.2, 0) is 0 Å². The van der Waals surface area contributed by atoms with E-state index in [-0.39, 0.29) is 17.3 Å². The molecule has 4 aliphatic carbocycles. The highest BCUT2D eigenvalue weighted by Crippen LogP contribution is 2.71. The van der Waals surface area contributed by atoms with Crippen LogP contribution in [-0.4, -0.2) is 32.0 Å². The fourth-order valence-electron chi connectivity index (χ4n) is 9.22. The van der Waals surface area contributed by atoms with Crippen molar-refractivity contribution in [3.8, 4) is 0 Å². The Bertz CT molecular complexity index is 601. The van der Waals surface area contributed by atoms with E-state index < -0.39 is 28.8 Å². The molecule has 162 valence electrons. The number of hydrogen-bond donors (Lipinski definition) is 4. The average molecular weight is 395 g/mol. The van der Waals surface area contributed by atoms with Crippen molar-refractivity contribution in [3.63, 3.8) is 0 Å². The smallest absolute Gasteiger partial charge is 0.222 e. The van der Waals surface area contributed by atoms with Gasteiger partial charge in [0.1, 0.15) is 0 Å². The zero-order valence-electron chi connectivity index (χ0n) is 18.3. The van der Waals surface area contributed by atoms with Crippen molar-refractivity contribution in [2.75, 3.05) is 0 Å². The summed E-state index contributed by atoms with van der Waals surface area (Å²) in [5.41, 5.74) is -0.167. The van der Waals surface area contributed by atoms with E-state index in [2.05, 4.69) is 27.7 Å². The molecule has 0 bridgehead atoms. The summed E-state index contributed by atoms with van der Waals surface area (Å²) in [4.78, 5) is 0. The first-order chi connectivity index (χ1) is 13.0. The van der Waals surface area contributed by atoms with Crippen LogP contribution < -0.4 is 0 Å². The maximum absolute atomic E-state index is 11.2. The first kappa shape index (κ1) is 21.1. The maximum atomic E-state index is 11.2. The minimum Gasteiger partial charge on any atom is -0.361 e. The van der Waals surface area contributed by atoms with Crippen LogP contribution in [0.4, 0.5) is 0 Å². The fourth-order valence-corrected chi connectivity index (χ4v) is 9.22. The molecule has 4 rings (SSSR count). The van der Waals surface area contributed by atoms with Crippen molar-refractivity contribution in [1.82, 2.24) is 0 Å². The molecule has 28 heavy (non-hydrogen) atoms. The molecule has 1 unspecified atom stereocenters. The van der Waals surface area contributed by atoms with E-state index in [1.54, 1.807) is 0 Å². The molecule has 0 heterocycles. The lowest BCUT2D eigenvalue weighted by atomic mass is 9.44. The van der Waals surface area contributed by atoms with Gasteiger partial charge < -0.3 is 20.4 Å². The van der Waals surface area contributed by atoms with E-state index in [9.17, 15) is 20.4 Å². The molecule has 4 aliphatic rings. The van der Waals surface area contributed by atoms with Crippen molar-refractivity contribution in [1.29, 1.82) is 0 Å². The van der Waals surface area contributed by atoms with Gasteiger partial charge in [0, 0.05) is 11.8 Å². The maximum Gasteiger partial charge on any atom is 0.222 e. The van der Waals surface area contributed by atoms with Gasteiger partial charge in [-0.05, 0) is 73.0 Å². The lowest BCUT2D eigenvalue weighted by Crippen LogP contribution is -2.60. The second-order valence-electron chi connectivity index (χ2n) is 11.5. The van der Waals surface area contributed by atoms with Gasteiger partial charge in [0.2, 0.25) is 11.6 Å². The van der Waals surface area contributed by atoms with Crippen molar-refractivity contribution in [2.24, 2.45) is 46.3 Å². The monoisotopic (exact) mass is 394 g/mol. The standard InChI is InChI=1S/C24H42O4/c1-5-8-15(2)19-22(4)14-12-18-17(20(22)24(27,28)23(19,25)26)11-10-16-9-6-7-13-21(16,18)3/h15-20,25-28H,5-14H2,1-4H3/t15-,16?,17-,18+,19-,20+,21+,22-/m1/s1. The molecule has 0 aromatic carbocycles. The van der Waals surface area contributed by atoms with Crippen LogP contribution in [0, 0.1) is 46.3 Å². The topological polar surface area (TPSA) is 80.9 Å². The third-order valence-electron chi connectivity index (χ3n) is 10.2. The highest BCUT2D eigenvalue weighted by Gasteiger charge is 2.77. The second kappa shape index (κ2) is 6.67. The van der Waals surface area contributed by atoms with Crippen LogP contribution in [0.3, 0.4) is 0 Å². The Kier molecular flexibility index (Phi) is 5.02. The number of rotatable bonds is 3. The summed E-state index contributed by atoms with van der Waals surface area (Å²) in [6.07, 6.45) is 11.1. The molecule has 0 aromatic heterocycles. The number of aliphatic hydroxyl groups is 4. The lowest BCUT2D eigenvalue weighted by molar-refractivity contribution is -0.374. The molecular formula is C24H42O4. The summed E-state index contributed by atoms with van der Waals surface area (Å²) in [5.74, 6) is -4.40. The summed E-state index contributed by atoms with van der Waals surface area (Å²) >= 11 is 0. The molecule has 0 amide bonds. The van der Waals surface area contributed by atoms with Gasteiger partial charge in [0.05, 0.1) is 0 Å². The summed E-state index contributed by atoms with van der Waals surface area (Å²) in [6, 6.07) is 0. The highest BCUT2D eigenvalue weighted by atomic mass is 16.6. The van der Waals surface area contributed by atoms with E-state index in [4.69, 9.17) is 0 Å². The largest absolute Gasteiger partial charge is 0.361 e. The molecule has 4 saturated carbocycles. The zero-order valence-corrected chi connectivity index (χ0v) is 18.3. The van der Waals surface area contributed by atoms with Crippen molar-refractivity contribution in [3.05, 3.63) is 0 Å². The third-order valence-corrected chi connectivity index (χ3v) is 10.2. The minimum atomic E-state index is -2.44. The minimum absolute atomic E-state index is 0.0480. The van der Waals surface area contributed by atoms with Crippen LogP contribution in [0.1, 0.15) is 91.9 Å². The average Bonchev–Trinajstić information content (AvgIpc) is 2.73. The van der Waals surface area contributed by atoms with Crippen LogP contribution in [0.2, 0.25) is 0 Å². The second-order valence-corrected chi connectivity index (χ2v) is 11.5. The number of fused-ring (bicyclic) bond motifs is 5. The van der Waals surface area contributed by atoms with E-state index in [1.807, 2.05) is 0 Å². The molecule has 4 nitrogen and oxygen atoms in total. The van der Waals surface area contributed by atoms with Crippen LogP contribution in [0.25, 0.3) is 0 Å². The molecule has 0 spiro atoms. The van der Waals surface area contributed by atoms with Crippen molar-refractivity contribution >= 4 is 0 Å². The summed E-state index contributed by atoms with van der Waals surface area (Å²) in [5, 5.41) is 44.7. The van der Waals surface area contributed by atoms with Crippen molar-refractivity contribution in [2.45, 2.75) is 103 Å². The van der Waals surface area contributed by atoms with E-state index in [1.165, 1.54) is 25.7 Å². The van der Waals surface area contributed by atoms with E-state index in [0.717, 1.165) is 44.4 Å². The first-order valence-corrected chi connectivity index (χ1v) is 11.9. The predicted molar refractivity (Wildman–Crippen MR) is 109 cm³/mol. The van der Waals surface area contributed by atoms with Gasteiger partial charge in [-0.1, -0.05) is 53.4 Å².